The average Bonchev–Trinajstić information content (AvgIpc) is 3.22. The van der Waals surface area contributed by atoms with Gasteiger partial charge in [0.1, 0.15) is 23.5 Å². The molecular formula is C20H32N4O3. The average molecular weight is 377 g/mol. The summed E-state index contributed by atoms with van der Waals surface area (Å²) in [6, 6.07) is 3.96. The van der Waals surface area contributed by atoms with E-state index in [4.69, 9.17) is 19.9 Å². The van der Waals surface area contributed by atoms with Crippen LogP contribution in [0.25, 0.3) is 5.52 Å². The van der Waals surface area contributed by atoms with E-state index in [2.05, 4.69) is 30.9 Å². The number of hydrogen-bond acceptors (Lipinski definition) is 6. The molecule has 0 bridgehead atoms. The first-order chi connectivity index (χ1) is 13.1. The van der Waals surface area contributed by atoms with Gasteiger partial charge in [0.15, 0.2) is 5.82 Å². The van der Waals surface area contributed by atoms with E-state index in [1.165, 1.54) is 6.33 Å². The Morgan fingerprint density at radius 3 is 2.81 bits per heavy atom. The lowest BCUT2D eigenvalue weighted by molar-refractivity contribution is -0.0931. The molecule has 1 unspecified atom stereocenters. The van der Waals surface area contributed by atoms with Crippen molar-refractivity contribution in [2.75, 3.05) is 25.6 Å². The molecule has 3 heterocycles. The molecule has 0 amide bonds. The Morgan fingerprint density at radius 1 is 1.26 bits per heavy atom. The first-order valence-corrected chi connectivity index (χ1v) is 10.0. The largest absolute Gasteiger partial charge is 0.382 e. The fourth-order valence-electron chi connectivity index (χ4n) is 3.62. The summed E-state index contributed by atoms with van der Waals surface area (Å²) in [7, 11) is 0. The monoisotopic (exact) mass is 376 g/mol. The Hall–Kier alpha value is -1.70. The van der Waals surface area contributed by atoms with Gasteiger partial charge >= 0.3 is 0 Å². The van der Waals surface area contributed by atoms with Crippen molar-refractivity contribution in [2.45, 2.75) is 70.7 Å². The number of nitrogen functional groups attached to an aromatic ring is 1. The van der Waals surface area contributed by atoms with Crippen molar-refractivity contribution in [2.24, 2.45) is 0 Å². The number of anilines is 1. The summed E-state index contributed by atoms with van der Waals surface area (Å²) in [5, 5.41) is 4.38. The molecule has 3 atom stereocenters. The molecular weight excluding hydrogens is 344 g/mol. The normalized spacial score (nSPS) is 25.4. The predicted molar refractivity (Wildman–Crippen MR) is 105 cm³/mol. The second-order valence-electron chi connectivity index (χ2n) is 7.44. The van der Waals surface area contributed by atoms with Crippen LogP contribution in [0.3, 0.4) is 0 Å². The highest BCUT2D eigenvalue weighted by Gasteiger charge is 2.46. The predicted octanol–water partition coefficient (Wildman–Crippen LogP) is 3.32. The van der Waals surface area contributed by atoms with Gasteiger partial charge in [-0.1, -0.05) is 26.7 Å². The molecule has 7 nitrogen and oxygen atoms in total. The zero-order chi connectivity index (χ0) is 19.3. The Bertz CT molecular complexity index is 735. The number of nitrogens with zero attached hydrogens (tertiary/aromatic N) is 3. The van der Waals surface area contributed by atoms with Crippen molar-refractivity contribution in [1.29, 1.82) is 0 Å². The van der Waals surface area contributed by atoms with E-state index >= 15 is 0 Å². The smallest absolute Gasteiger partial charge is 0.151 e. The van der Waals surface area contributed by atoms with Crippen LogP contribution in [0.4, 0.5) is 5.82 Å². The summed E-state index contributed by atoms with van der Waals surface area (Å²) >= 11 is 0. The minimum absolute atomic E-state index is 0.00732. The van der Waals surface area contributed by atoms with Gasteiger partial charge in [-0.2, -0.15) is 5.10 Å². The Labute approximate surface area is 161 Å². The van der Waals surface area contributed by atoms with E-state index in [1.807, 2.05) is 16.6 Å². The van der Waals surface area contributed by atoms with Gasteiger partial charge in [-0.15, -0.1) is 0 Å². The van der Waals surface area contributed by atoms with Gasteiger partial charge in [0.2, 0.25) is 0 Å². The SMILES string of the molecule is CCCCOC[C@H]1OC(C)(c2ccc3c(N)ncnn23)C[C@@H]1OCCCC. The molecule has 0 saturated carbocycles. The van der Waals surface area contributed by atoms with E-state index in [1.54, 1.807) is 0 Å². The standard InChI is InChI=1S/C20H32N4O3/c1-4-6-10-25-13-17-16(26-11-7-5-2)12-20(3,27-17)18-9-8-15-19(21)22-14-23-24(15)18/h8-9,14,16-17H,4-7,10-13H2,1-3H3,(H2,21,22,23)/t16-,17+,20?/m0/s1. The number of ether oxygens (including phenoxy) is 3. The van der Waals surface area contributed by atoms with Crippen molar-refractivity contribution >= 4 is 11.3 Å². The van der Waals surface area contributed by atoms with Crippen LogP contribution >= 0.6 is 0 Å². The van der Waals surface area contributed by atoms with Crippen LogP contribution in [0.1, 0.15) is 58.6 Å². The van der Waals surface area contributed by atoms with Crippen molar-refractivity contribution in [1.82, 2.24) is 14.6 Å². The Morgan fingerprint density at radius 2 is 2.04 bits per heavy atom. The van der Waals surface area contributed by atoms with Crippen LogP contribution < -0.4 is 5.73 Å². The first-order valence-electron chi connectivity index (χ1n) is 10.0. The molecule has 2 N–H and O–H groups in total. The number of fused-ring (bicyclic) bond motifs is 1. The number of aromatic nitrogens is 3. The van der Waals surface area contributed by atoms with E-state index in [9.17, 15) is 0 Å². The highest BCUT2D eigenvalue weighted by atomic mass is 16.6. The lowest BCUT2D eigenvalue weighted by Gasteiger charge is -2.24. The van der Waals surface area contributed by atoms with E-state index in [0.29, 0.717) is 12.4 Å². The molecule has 0 radical (unpaired) electrons. The van der Waals surface area contributed by atoms with Gasteiger partial charge in [0.25, 0.3) is 0 Å². The summed E-state index contributed by atoms with van der Waals surface area (Å²) in [6.45, 7) is 8.47. The number of unbranched alkanes of at least 4 members (excludes halogenated alkanes) is 2. The molecule has 27 heavy (non-hydrogen) atoms. The van der Waals surface area contributed by atoms with Crippen molar-refractivity contribution in [3.8, 4) is 0 Å². The third-order valence-corrected chi connectivity index (χ3v) is 5.19. The maximum Gasteiger partial charge on any atom is 0.151 e. The summed E-state index contributed by atoms with van der Waals surface area (Å²) in [5.41, 5.74) is 7.23. The lowest BCUT2D eigenvalue weighted by Crippen LogP contribution is -2.30. The van der Waals surface area contributed by atoms with Crippen molar-refractivity contribution in [3.63, 3.8) is 0 Å². The second-order valence-corrected chi connectivity index (χ2v) is 7.44. The van der Waals surface area contributed by atoms with Crippen LogP contribution in [-0.4, -0.2) is 46.6 Å². The minimum atomic E-state index is -0.511. The zero-order valence-electron chi connectivity index (χ0n) is 16.7. The summed E-state index contributed by atoms with van der Waals surface area (Å²) in [4.78, 5) is 4.07. The number of hydrogen-bond donors (Lipinski definition) is 1. The highest BCUT2D eigenvalue weighted by Crippen LogP contribution is 2.41. The van der Waals surface area contributed by atoms with Gasteiger partial charge in [0, 0.05) is 19.6 Å². The van der Waals surface area contributed by atoms with Gasteiger partial charge in [0.05, 0.1) is 18.4 Å². The molecule has 0 aromatic carbocycles. The fraction of sp³-hybridized carbons (Fsp3) is 0.700. The van der Waals surface area contributed by atoms with E-state index < -0.39 is 5.60 Å². The molecule has 3 rings (SSSR count). The molecule has 0 aliphatic carbocycles. The zero-order valence-corrected chi connectivity index (χ0v) is 16.7. The molecule has 2 aromatic rings. The first kappa shape index (κ1) is 20.0. The molecule has 7 heteroatoms. The molecule has 1 fully saturated rings. The maximum atomic E-state index is 6.49. The molecule has 1 saturated heterocycles. The third kappa shape index (κ3) is 4.42. The molecule has 1 aliphatic heterocycles. The van der Waals surface area contributed by atoms with Gasteiger partial charge in [-0.25, -0.2) is 9.50 Å². The summed E-state index contributed by atoms with van der Waals surface area (Å²) < 4.78 is 20.3. The van der Waals surface area contributed by atoms with E-state index in [-0.39, 0.29) is 12.2 Å². The van der Waals surface area contributed by atoms with Gasteiger partial charge in [-0.3, -0.25) is 0 Å². The molecule has 2 aromatic heterocycles. The van der Waals surface area contributed by atoms with Crippen LogP contribution in [-0.2, 0) is 19.8 Å². The summed E-state index contributed by atoms with van der Waals surface area (Å²) in [5.74, 6) is 0.466. The van der Waals surface area contributed by atoms with Gasteiger partial charge < -0.3 is 19.9 Å². The minimum Gasteiger partial charge on any atom is -0.382 e. The quantitative estimate of drug-likeness (QED) is 0.641. The fourth-order valence-corrected chi connectivity index (χ4v) is 3.62. The van der Waals surface area contributed by atoms with Crippen molar-refractivity contribution in [3.05, 3.63) is 24.2 Å². The lowest BCUT2D eigenvalue weighted by atomic mass is 9.96. The van der Waals surface area contributed by atoms with Crippen molar-refractivity contribution < 1.29 is 14.2 Å². The van der Waals surface area contributed by atoms with E-state index in [0.717, 1.165) is 56.5 Å². The Balaban J connectivity index is 1.78. The number of rotatable bonds is 10. The second kappa shape index (κ2) is 8.99. The maximum absolute atomic E-state index is 6.49. The topological polar surface area (TPSA) is 83.9 Å². The summed E-state index contributed by atoms with van der Waals surface area (Å²) in [6.07, 6.45) is 6.50. The number of nitrogens with two attached hydrogens (primary N) is 1. The molecule has 150 valence electrons. The van der Waals surface area contributed by atoms with Crippen LogP contribution in [0.15, 0.2) is 18.5 Å². The highest BCUT2D eigenvalue weighted by molar-refractivity contribution is 5.65. The molecule has 1 aliphatic rings. The molecule has 0 spiro atoms. The van der Waals surface area contributed by atoms with Crippen LogP contribution in [0, 0.1) is 0 Å². The van der Waals surface area contributed by atoms with Crippen LogP contribution in [0.2, 0.25) is 0 Å². The third-order valence-electron chi connectivity index (χ3n) is 5.19. The van der Waals surface area contributed by atoms with Gasteiger partial charge in [-0.05, 0) is 31.9 Å². The van der Waals surface area contributed by atoms with Crippen LogP contribution in [0.5, 0.6) is 0 Å². The Kier molecular flexibility index (Phi) is 6.68.